The van der Waals surface area contributed by atoms with Gasteiger partial charge in [-0.1, -0.05) is 0 Å². The van der Waals surface area contributed by atoms with Gasteiger partial charge in [0.1, 0.15) is 12.0 Å². The molecular weight excluding hydrogens is 182 g/mol. The molecule has 1 aromatic rings. The quantitative estimate of drug-likeness (QED) is 0.735. The lowest BCUT2D eigenvalue weighted by atomic mass is 10.3. The first-order chi connectivity index (χ1) is 4.20. The van der Waals surface area contributed by atoms with E-state index in [1.165, 1.54) is 0 Å². The molecule has 0 unspecified atom stereocenters. The van der Waals surface area contributed by atoms with Gasteiger partial charge in [-0.3, -0.25) is 0 Å². The SMILES string of the molecule is C[C@H](N)c1cc(Br)co1. The van der Waals surface area contributed by atoms with Gasteiger partial charge in [0.05, 0.1) is 10.5 Å². The van der Waals surface area contributed by atoms with Crippen LogP contribution in [-0.4, -0.2) is 0 Å². The number of halogens is 1. The summed E-state index contributed by atoms with van der Waals surface area (Å²) in [6.07, 6.45) is 1.62. The minimum absolute atomic E-state index is 0.0173. The summed E-state index contributed by atoms with van der Waals surface area (Å²) in [5.41, 5.74) is 5.51. The fourth-order valence-corrected chi connectivity index (χ4v) is 0.886. The fourth-order valence-electron chi connectivity index (χ4n) is 0.567. The van der Waals surface area contributed by atoms with Crippen LogP contribution in [0.5, 0.6) is 0 Å². The Morgan fingerprint density at radius 3 is 2.67 bits per heavy atom. The first kappa shape index (κ1) is 6.83. The van der Waals surface area contributed by atoms with E-state index >= 15 is 0 Å². The lowest BCUT2D eigenvalue weighted by molar-refractivity contribution is 0.479. The summed E-state index contributed by atoms with van der Waals surface area (Å²) in [5, 5.41) is 0. The van der Waals surface area contributed by atoms with Crippen LogP contribution < -0.4 is 5.73 Å². The molecule has 2 nitrogen and oxygen atoms in total. The van der Waals surface area contributed by atoms with E-state index in [-0.39, 0.29) is 6.04 Å². The smallest absolute Gasteiger partial charge is 0.121 e. The second kappa shape index (κ2) is 2.54. The third-order valence-electron chi connectivity index (χ3n) is 1.04. The number of hydrogen-bond donors (Lipinski definition) is 1. The molecular formula is C6H8BrNO. The summed E-state index contributed by atoms with van der Waals surface area (Å²) in [7, 11) is 0. The van der Waals surface area contributed by atoms with Crippen molar-refractivity contribution in [3.63, 3.8) is 0 Å². The van der Waals surface area contributed by atoms with Crippen LogP contribution in [-0.2, 0) is 0 Å². The fraction of sp³-hybridized carbons (Fsp3) is 0.333. The Labute approximate surface area is 62.2 Å². The van der Waals surface area contributed by atoms with Crippen LogP contribution in [0.4, 0.5) is 0 Å². The van der Waals surface area contributed by atoms with Crippen LogP contribution in [0.3, 0.4) is 0 Å². The average Bonchev–Trinajstić information content (AvgIpc) is 2.14. The molecule has 0 saturated carbocycles. The normalized spacial score (nSPS) is 13.7. The van der Waals surface area contributed by atoms with Crippen LogP contribution in [0, 0.1) is 0 Å². The molecule has 3 heteroatoms. The van der Waals surface area contributed by atoms with Crippen LogP contribution in [0.25, 0.3) is 0 Å². The summed E-state index contributed by atoms with van der Waals surface area (Å²) in [4.78, 5) is 0. The third-order valence-corrected chi connectivity index (χ3v) is 1.45. The van der Waals surface area contributed by atoms with Crippen molar-refractivity contribution in [2.45, 2.75) is 13.0 Å². The molecule has 0 bridgehead atoms. The van der Waals surface area contributed by atoms with E-state index in [1.54, 1.807) is 6.26 Å². The standard InChI is InChI=1S/C6H8BrNO/c1-4(8)6-2-5(7)3-9-6/h2-4H,8H2,1H3/t4-/m0/s1. The molecule has 1 atom stereocenters. The maximum absolute atomic E-state index is 5.51. The second-order valence-electron chi connectivity index (χ2n) is 1.96. The number of hydrogen-bond acceptors (Lipinski definition) is 2. The van der Waals surface area contributed by atoms with Gasteiger partial charge < -0.3 is 10.2 Å². The van der Waals surface area contributed by atoms with Crippen molar-refractivity contribution in [3.8, 4) is 0 Å². The number of nitrogens with two attached hydrogens (primary N) is 1. The van der Waals surface area contributed by atoms with Gasteiger partial charge in [-0.15, -0.1) is 0 Å². The molecule has 0 radical (unpaired) electrons. The Balaban J connectivity index is 2.85. The van der Waals surface area contributed by atoms with Gasteiger partial charge in [0.15, 0.2) is 0 Å². The molecule has 0 fully saturated rings. The summed E-state index contributed by atoms with van der Waals surface area (Å²) < 4.78 is 5.99. The number of furan rings is 1. The Kier molecular flexibility index (Phi) is 1.93. The van der Waals surface area contributed by atoms with Gasteiger partial charge in [-0.05, 0) is 28.9 Å². The van der Waals surface area contributed by atoms with Crippen molar-refractivity contribution < 1.29 is 4.42 Å². The summed E-state index contributed by atoms with van der Waals surface area (Å²) in [5.74, 6) is 0.807. The van der Waals surface area contributed by atoms with Crippen molar-refractivity contribution in [2.24, 2.45) is 5.73 Å². The summed E-state index contributed by atoms with van der Waals surface area (Å²) in [6, 6.07) is 1.85. The average molecular weight is 190 g/mol. The van der Waals surface area contributed by atoms with Crippen molar-refractivity contribution >= 4 is 15.9 Å². The minimum Gasteiger partial charge on any atom is -0.466 e. The van der Waals surface area contributed by atoms with Crippen molar-refractivity contribution in [2.75, 3.05) is 0 Å². The molecule has 0 aliphatic heterocycles. The number of rotatable bonds is 1. The van der Waals surface area contributed by atoms with Crippen LogP contribution >= 0.6 is 15.9 Å². The monoisotopic (exact) mass is 189 g/mol. The van der Waals surface area contributed by atoms with E-state index < -0.39 is 0 Å². The lowest BCUT2D eigenvalue weighted by Crippen LogP contribution is -2.02. The highest BCUT2D eigenvalue weighted by Gasteiger charge is 2.02. The van der Waals surface area contributed by atoms with Gasteiger partial charge in [0, 0.05) is 0 Å². The first-order valence-corrected chi connectivity index (χ1v) is 3.49. The van der Waals surface area contributed by atoms with Crippen LogP contribution in [0.2, 0.25) is 0 Å². The minimum atomic E-state index is -0.0173. The first-order valence-electron chi connectivity index (χ1n) is 2.69. The van der Waals surface area contributed by atoms with Crippen molar-refractivity contribution in [1.82, 2.24) is 0 Å². The van der Waals surface area contributed by atoms with E-state index in [2.05, 4.69) is 15.9 Å². The van der Waals surface area contributed by atoms with Gasteiger partial charge in [0.2, 0.25) is 0 Å². The van der Waals surface area contributed by atoms with Crippen LogP contribution in [0.1, 0.15) is 18.7 Å². The maximum Gasteiger partial charge on any atom is 0.121 e. The van der Waals surface area contributed by atoms with Gasteiger partial charge >= 0.3 is 0 Å². The molecule has 2 N–H and O–H groups in total. The Hall–Kier alpha value is -0.280. The predicted octanol–water partition coefficient (Wildman–Crippen LogP) is 2.06. The molecule has 0 saturated heterocycles. The lowest BCUT2D eigenvalue weighted by Gasteiger charge is -1.95. The Morgan fingerprint density at radius 1 is 1.78 bits per heavy atom. The Morgan fingerprint density at radius 2 is 2.44 bits per heavy atom. The molecule has 1 heterocycles. The molecule has 1 rings (SSSR count). The molecule has 0 aromatic carbocycles. The van der Waals surface area contributed by atoms with Crippen LogP contribution in [0.15, 0.2) is 21.2 Å². The molecule has 0 aliphatic carbocycles. The third kappa shape index (κ3) is 1.56. The molecule has 9 heavy (non-hydrogen) atoms. The predicted molar refractivity (Wildman–Crippen MR) is 39.0 cm³/mol. The highest BCUT2D eigenvalue weighted by atomic mass is 79.9. The zero-order valence-electron chi connectivity index (χ0n) is 5.10. The van der Waals surface area contributed by atoms with Gasteiger partial charge in [-0.25, -0.2) is 0 Å². The van der Waals surface area contributed by atoms with E-state index in [9.17, 15) is 0 Å². The van der Waals surface area contributed by atoms with E-state index in [0.29, 0.717) is 0 Å². The molecule has 0 aliphatic rings. The summed E-state index contributed by atoms with van der Waals surface area (Å²) >= 11 is 3.25. The molecule has 50 valence electrons. The highest BCUT2D eigenvalue weighted by Crippen LogP contribution is 2.17. The molecule has 0 amide bonds. The topological polar surface area (TPSA) is 39.2 Å². The van der Waals surface area contributed by atoms with Crippen molar-refractivity contribution in [3.05, 3.63) is 22.6 Å². The van der Waals surface area contributed by atoms with Gasteiger partial charge in [-0.2, -0.15) is 0 Å². The van der Waals surface area contributed by atoms with E-state index in [0.717, 1.165) is 10.2 Å². The molecule has 0 spiro atoms. The zero-order valence-corrected chi connectivity index (χ0v) is 6.68. The largest absolute Gasteiger partial charge is 0.466 e. The Bertz CT molecular complexity index is 195. The maximum atomic E-state index is 5.51. The highest BCUT2D eigenvalue weighted by molar-refractivity contribution is 9.10. The van der Waals surface area contributed by atoms with E-state index in [1.807, 2.05) is 13.0 Å². The van der Waals surface area contributed by atoms with Gasteiger partial charge in [0.25, 0.3) is 0 Å². The van der Waals surface area contributed by atoms with Crippen molar-refractivity contribution in [1.29, 1.82) is 0 Å². The summed E-state index contributed by atoms with van der Waals surface area (Å²) in [6.45, 7) is 1.88. The van der Waals surface area contributed by atoms with E-state index in [4.69, 9.17) is 10.2 Å². The second-order valence-corrected chi connectivity index (χ2v) is 2.87. The zero-order chi connectivity index (χ0) is 6.85. The molecule has 1 aromatic heterocycles.